The number of nitrogens with one attached hydrogen (secondary N) is 1. The van der Waals surface area contributed by atoms with Crippen LogP contribution in [-0.2, 0) is 4.79 Å². The predicted octanol–water partition coefficient (Wildman–Crippen LogP) is 3.36. The fourth-order valence-electron chi connectivity index (χ4n) is 3.33. The van der Waals surface area contributed by atoms with Crippen LogP contribution in [0.3, 0.4) is 0 Å². The Morgan fingerprint density at radius 3 is 2.55 bits per heavy atom. The molecule has 1 unspecified atom stereocenters. The monoisotopic (exact) mass is 321 g/mol. The topological polar surface area (TPSA) is 58.4 Å². The zero-order chi connectivity index (χ0) is 16.7. The second-order valence-electron chi connectivity index (χ2n) is 6.71. The Bertz CT molecular complexity index is 622. The molecule has 3 N–H and O–H groups in total. The number of halogens is 1. The summed E-state index contributed by atoms with van der Waals surface area (Å²) in [5, 5.41) is 0.690. The number of carbonyl (C=O) groups is 1. The van der Waals surface area contributed by atoms with E-state index in [1.807, 2.05) is 32.0 Å². The molecule has 0 aliphatic carbocycles. The van der Waals surface area contributed by atoms with Crippen LogP contribution in [0.2, 0.25) is 5.02 Å². The first-order valence-corrected chi connectivity index (χ1v) is 7.86. The smallest absolute Gasteiger partial charge is 0.256 e. The summed E-state index contributed by atoms with van der Waals surface area (Å²) in [5.41, 5.74) is 5.24. The lowest BCUT2D eigenvalue weighted by molar-refractivity contribution is -0.123. The van der Waals surface area contributed by atoms with Gasteiger partial charge in [0.25, 0.3) is 5.91 Å². The molecule has 2 rings (SSSR count). The van der Waals surface area contributed by atoms with Crippen LogP contribution in [0.1, 0.15) is 40.2 Å². The fraction of sp³-hybridized carbons (Fsp3) is 0.471. The van der Waals surface area contributed by atoms with Gasteiger partial charge in [0, 0.05) is 16.3 Å². The van der Waals surface area contributed by atoms with Crippen LogP contribution in [0.15, 0.2) is 24.3 Å². The summed E-state index contributed by atoms with van der Waals surface area (Å²) in [7, 11) is 0. The van der Waals surface area contributed by atoms with Gasteiger partial charge in [0.15, 0.2) is 0 Å². The van der Waals surface area contributed by atoms with Crippen LogP contribution in [0.25, 0.3) is 5.57 Å². The number of rotatable bonds is 3. The average molecular weight is 322 g/mol. The van der Waals surface area contributed by atoms with Crippen LogP contribution in [0.5, 0.6) is 0 Å². The maximum Gasteiger partial charge on any atom is 0.256 e. The SMILES string of the molecule is CC1=CC(C)(C)N(C(C(=O)NN)C(C)C)c2ccc(Cl)cc21. The summed E-state index contributed by atoms with van der Waals surface area (Å²) in [5.74, 6) is 5.34. The Kier molecular flexibility index (Phi) is 4.54. The first-order valence-electron chi connectivity index (χ1n) is 7.48. The Labute approximate surface area is 137 Å². The molecule has 1 aliphatic heterocycles. The second kappa shape index (κ2) is 5.94. The largest absolute Gasteiger partial charge is 0.350 e. The van der Waals surface area contributed by atoms with Gasteiger partial charge in [0.2, 0.25) is 0 Å². The Balaban J connectivity index is 2.65. The van der Waals surface area contributed by atoms with E-state index in [1.165, 1.54) is 0 Å². The second-order valence-corrected chi connectivity index (χ2v) is 7.15. The van der Waals surface area contributed by atoms with Crippen LogP contribution < -0.4 is 16.2 Å². The number of benzene rings is 1. The van der Waals surface area contributed by atoms with Crippen LogP contribution in [0, 0.1) is 5.92 Å². The number of carbonyl (C=O) groups excluding carboxylic acids is 1. The molecule has 1 aromatic carbocycles. The number of nitrogens with zero attached hydrogens (tertiary/aromatic N) is 1. The molecule has 0 radical (unpaired) electrons. The van der Waals surface area contributed by atoms with Crippen molar-refractivity contribution >= 4 is 28.8 Å². The normalized spacial score (nSPS) is 17.8. The van der Waals surface area contributed by atoms with Gasteiger partial charge in [0.1, 0.15) is 6.04 Å². The van der Waals surface area contributed by atoms with E-state index in [2.05, 4.69) is 37.2 Å². The summed E-state index contributed by atoms with van der Waals surface area (Å²) in [6, 6.07) is 5.43. The van der Waals surface area contributed by atoms with Gasteiger partial charge in [-0.2, -0.15) is 0 Å². The standard InChI is InChI=1S/C17H24ClN3O/c1-10(2)15(16(22)20-19)21-14-7-6-12(18)8-13(14)11(3)9-17(21,4)5/h6-10,15H,19H2,1-5H3,(H,20,22). The third-order valence-corrected chi connectivity index (χ3v) is 4.39. The van der Waals surface area contributed by atoms with E-state index in [-0.39, 0.29) is 23.4 Å². The lowest BCUT2D eigenvalue weighted by atomic mass is 9.85. The molecule has 1 aliphatic rings. The van der Waals surface area contributed by atoms with E-state index in [1.54, 1.807) is 0 Å². The van der Waals surface area contributed by atoms with Gasteiger partial charge >= 0.3 is 0 Å². The molecule has 0 bridgehead atoms. The average Bonchev–Trinajstić information content (AvgIpc) is 2.42. The number of amides is 1. The third kappa shape index (κ3) is 2.85. The Morgan fingerprint density at radius 1 is 1.36 bits per heavy atom. The summed E-state index contributed by atoms with van der Waals surface area (Å²) < 4.78 is 0. The number of hydrazine groups is 1. The Morgan fingerprint density at radius 2 is 2.00 bits per heavy atom. The summed E-state index contributed by atoms with van der Waals surface area (Å²) in [6.07, 6.45) is 2.17. The minimum Gasteiger partial charge on any atom is -0.350 e. The van der Waals surface area contributed by atoms with E-state index in [9.17, 15) is 4.79 Å². The minimum atomic E-state index is -0.357. The van der Waals surface area contributed by atoms with Crippen LogP contribution in [0.4, 0.5) is 5.69 Å². The molecule has 1 heterocycles. The van der Waals surface area contributed by atoms with Gasteiger partial charge in [0.05, 0.1) is 5.54 Å². The number of hydrogen-bond acceptors (Lipinski definition) is 3. The van der Waals surface area contributed by atoms with Gasteiger partial charge in [-0.3, -0.25) is 10.2 Å². The molecule has 22 heavy (non-hydrogen) atoms. The lowest BCUT2D eigenvalue weighted by Crippen LogP contribution is -2.59. The molecule has 1 amide bonds. The highest BCUT2D eigenvalue weighted by atomic mass is 35.5. The van der Waals surface area contributed by atoms with Crippen molar-refractivity contribution < 1.29 is 4.79 Å². The van der Waals surface area contributed by atoms with Gasteiger partial charge in [-0.15, -0.1) is 0 Å². The van der Waals surface area contributed by atoms with E-state index < -0.39 is 0 Å². The maximum atomic E-state index is 12.4. The van der Waals surface area contributed by atoms with Gasteiger partial charge < -0.3 is 4.90 Å². The maximum absolute atomic E-state index is 12.4. The first-order chi connectivity index (χ1) is 10.2. The highest BCUT2D eigenvalue weighted by Gasteiger charge is 2.40. The lowest BCUT2D eigenvalue weighted by Gasteiger charge is -2.48. The summed E-state index contributed by atoms with van der Waals surface area (Å²) in [6.45, 7) is 10.3. The molecule has 5 heteroatoms. The van der Waals surface area contributed by atoms with E-state index >= 15 is 0 Å². The van der Waals surface area contributed by atoms with Crippen molar-refractivity contribution in [2.45, 2.75) is 46.2 Å². The fourth-order valence-corrected chi connectivity index (χ4v) is 3.51. The quantitative estimate of drug-likeness (QED) is 0.510. The number of nitrogens with two attached hydrogens (primary N) is 1. The molecule has 1 atom stereocenters. The zero-order valence-corrected chi connectivity index (χ0v) is 14.5. The van der Waals surface area contributed by atoms with E-state index in [4.69, 9.17) is 17.4 Å². The molecule has 0 fully saturated rings. The molecule has 0 aromatic heterocycles. The number of anilines is 1. The van der Waals surface area contributed by atoms with Crippen molar-refractivity contribution in [1.29, 1.82) is 0 Å². The van der Waals surface area contributed by atoms with E-state index in [0.717, 1.165) is 16.8 Å². The highest BCUT2D eigenvalue weighted by Crippen LogP contribution is 2.42. The van der Waals surface area contributed by atoms with Gasteiger partial charge in [-0.1, -0.05) is 31.5 Å². The third-order valence-electron chi connectivity index (χ3n) is 4.15. The van der Waals surface area contributed by atoms with Crippen molar-refractivity contribution in [1.82, 2.24) is 5.43 Å². The number of hydrogen-bond donors (Lipinski definition) is 2. The van der Waals surface area contributed by atoms with Crippen LogP contribution >= 0.6 is 11.6 Å². The highest BCUT2D eigenvalue weighted by molar-refractivity contribution is 6.30. The van der Waals surface area contributed by atoms with Crippen molar-refractivity contribution in [2.75, 3.05) is 4.90 Å². The molecule has 4 nitrogen and oxygen atoms in total. The molecule has 0 saturated carbocycles. The molecule has 0 saturated heterocycles. The van der Waals surface area contributed by atoms with E-state index in [0.29, 0.717) is 5.02 Å². The summed E-state index contributed by atoms with van der Waals surface area (Å²) in [4.78, 5) is 14.5. The first kappa shape index (κ1) is 16.8. The van der Waals surface area contributed by atoms with Gasteiger partial charge in [-0.05, 0) is 50.5 Å². The molecule has 1 aromatic rings. The van der Waals surface area contributed by atoms with Gasteiger partial charge in [-0.25, -0.2) is 5.84 Å². The van der Waals surface area contributed by atoms with Crippen LogP contribution in [-0.4, -0.2) is 17.5 Å². The number of allylic oxidation sites excluding steroid dienone is 1. The zero-order valence-electron chi connectivity index (χ0n) is 13.8. The van der Waals surface area contributed by atoms with Crippen molar-refractivity contribution in [3.05, 3.63) is 34.9 Å². The molecular formula is C17H24ClN3O. The molecule has 0 spiro atoms. The number of fused-ring (bicyclic) bond motifs is 1. The Hall–Kier alpha value is -1.52. The van der Waals surface area contributed by atoms with Crippen molar-refractivity contribution in [3.63, 3.8) is 0 Å². The van der Waals surface area contributed by atoms with Crippen molar-refractivity contribution in [3.8, 4) is 0 Å². The van der Waals surface area contributed by atoms with Crippen molar-refractivity contribution in [2.24, 2.45) is 11.8 Å². The minimum absolute atomic E-state index is 0.109. The summed E-state index contributed by atoms with van der Waals surface area (Å²) >= 11 is 6.15. The molecule has 120 valence electrons. The predicted molar refractivity (Wildman–Crippen MR) is 92.6 cm³/mol. The molecular weight excluding hydrogens is 298 g/mol.